The first-order valence-electron chi connectivity index (χ1n) is 12.9. The largest absolute Gasteiger partial charge is 0.392 e. The highest BCUT2D eigenvalue weighted by Gasteiger charge is 2.19. The summed E-state index contributed by atoms with van der Waals surface area (Å²) in [5.41, 5.74) is 6.28. The number of rotatable bonds is 8. The Labute approximate surface area is 222 Å². The summed E-state index contributed by atoms with van der Waals surface area (Å²) >= 11 is 0. The van der Waals surface area contributed by atoms with Crippen molar-refractivity contribution < 1.29 is 9.84 Å². The van der Waals surface area contributed by atoms with Gasteiger partial charge in [0.2, 0.25) is 0 Å². The van der Waals surface area contributed by atoms with Crippen LogP contribution in [0.15, 0.2) is 73.1 Å². The van der Waals surface area contributed by atoms with Gasteiger partial charge in [-0.15, -0.1) is 0 Å². The molecule has 0 amide bonds. The molecule has 192 valence electrons. The number of hydrogen-bond acceptors (Lipinski definition) is 5. The minimum atomic E-state index is -1.19. The molecular weight excluding hydrogens is 490 g/mol. The Bertz CT molecular complexity index is 1760. The summed E-state index contributed by atoms with van der Waals surface area (Å²) in [7, 11) is -1.19. The molecule has 0 aliphatic carbocycles. The molecule has 38 heavy (non-hydrogen) atoms. The van der Waals surface area contributed by atoms with Crippen LogP contribution in [0.3, 0.4) is 0 Å². The first kappa shape index (κ1) is 24.5. The topological polar surface area (TPSA) is 88.9 Å². The van der Waals surface area contributed by atoms with Gasteiger partial charge in [-0.3, -0.25) is 4.98 Å². The van der Waals surface area contributed by atoms with Crippen LogP contribution in [0.4, 0.5) is 0 Å². The highest BCUT2D eigenvalue weighted by Crippen LogP contribution is 2.34. The number of fused-ring (bicyclic) bond motifs is 3. The van der Waals surface area contributed by atoms with Crippen molar-refractivity contribution in [3.8, 4) is 22.6 Å². The normalized spacial score (nSPS) is 12.2. The van der Waals surface area contributed by atoms with Crippen LogP contribution in [0.25, 0.3) is 55.4 Å². The highest BCUT2D eigenvalue weighted by molar-refractivity contribution is 6.76. The number of pyridine rings is 1. The number of aliphatic hydroxyl groups excluding tert-OH is 1. The third kappa shape index (κ3) is 4.62. The third-order valence-electron chi connectivity index (χ3n) is 6.93. The summed E-state index contributed by atoms with van der Waals surface area (Å²) in [5.74, 6) is 0.667. The fourth-order valence-electron chi connectivity index (χ4n) is 4.83. The predicted molar refractivity (Wildman–Crippen MR) is 156 cm³/mol. The molecule has 3 aromatic carbocycles. The fraction of sp³-hybridized carbons (Fsp3) is 0.233. The summed E-state index contributed by atoms with van der Waals surface area (Å²) < 4.78 is 8.00. The van der Waals surface area contributed by atoms with Crippen molar-refractivity contribution in [2.24, 2.45) is 0 Å². The number of benzene rings is 3. The number of aromatic nitrogens is 5. The Kier molecular flexibility index (Phi) is 6.31. The van der Waals surface area contributed by atoms with Crippen LogP contribution in [0.5, 0.6) is 0 Å². The van der Waals surface area contributed by atoms with Crippen molar-refractivity contribution >= 4 is 40.8 Å². The molecule has 6 aromatic rings. The van der Waals surface area contributed by atoms with E-state index in [1.807, 2.05) is 41.3 Å². The van der Waals surface area contributed by atoms with Crippen LogP contribution in [0.1, 0.15) is 5.56 Å². The molecule has 0 aliphatic heterocycles. The van der Waals surface area contributed by atoms with Gasteiger partial charge in [-0.05, 0) is 35.2 Å². The zero-order valence-electron chi connectivity index (χ0n) is 21.9. The second kappa shape index (κ2) is 9.79. The van der Waals surface area contributed by atoms with Crippen molar-refractivity contribution in [2.45, 2.75) is 39.0 Å². The van der Waals surface area contributed by atoms with E-state index >= 15 is 0 Å². The van der Waals surface area contributed by atoms with Gasteiger partial charge in [0.05, 0.1) is 23.2 Å². The van der Waals surface area contributed by atoms with Crippen molar-refractivity contribution in [3.63, 3.8) is 0 Å². The van der Waals surface area contributed by atoms with Gasteiger partial charge in [0, 0.05) is 49.0 Å². The summed E-state index contributed by atoms with van der Waals surface area (Å²) in [6.45, 7) is 8.08. The molecule has 0 saturated carbocycles. The number of aliphatic hydroxyl groups is 1. The number of nitrogens with zero attached hydrogens (tertiary/aromatic N) is 4. The number of aromatic amines is 1. The average Bonchev–Trinajstić information content (AvgIpc) is 3.51. The quantitative estimate of drug-likeness (QED) is 0.174. The molecule has 0 aliphatic rings. The van der Waals surface area contributed by atoms with Crippen LogP contribution >= 0.6 is 0 Å². The molecule has 2 N–H and O–H groups in total. The molecular formula is C30H31N5O2Si. The smallest absolute Gasteiger partial charge is 0.159 e. The number of para-hydroxylation sites is 1. The summed E-state index contributed by atoms with van der Waals surface area (Å²) in [6.07, 6.45) is 3.81. The van der Waals surface area contributed by atoms with E-state index in [1.165, 1.54) is 0 Å². The zero-order valence-corrected chi connectivity index (χ0v) is 22.9. The number of nitrogens with one attached hydrogen (secondary N) is 1. The monoisotopic (exact) mass is 521 g/mol. The molecule has 8 heteroatoms. The van der Waals surface area contributed by atoms with E-state index in [-0.39, 0.29) is 6.61 Å². The molecule has 0 spiro atoms. The predicted octanol–water partition coefficient (Wildman–Crippen LogP) is 6.60. The fourth-order valence-corrected chi connectivity index (χ4v) is 5.58. The second-order valence-electron chi connectivity index (χ2n) is 10.9. The summed E-state index contributed by atoms with van der Waals surface area (Å²) in [6, 6.07) is 21.6. The van der Waals surface area contributed by atoms with Crippen molar-refractivity contribution in [3.05, 3.63) is 78.6 Å². The van der Waals surface area contributed by atoms with Gasteiger partial charge < -0.3 is 14.8 Å². The van der Waals surface area contributed by atoms with Gasteiger partial charge in [-0.1, -0.05) is 62.1 Å². The van der Waals surface area contributed by atoms with Crippen LogP contribution in [-0.2, 0) is 18.1 Å². The lowest BCUT2D eigenvalue weighted by atomic mass is 9.99. The third-order valence-corrected chi connectivity index (χ3v) is 8.63. The first-order valence-corrected chi connectivity index (χ1v) is 16.6. The molecule has 0 radical (unpaired) electrons. The number of ether oxygens (including phenoxy) is 1. The van der Waals surface area contributed by atoms with Crippen LogP contribution in [-0.4, -0.2) is 44.5 Å². The Morgan fingerprint density at radius 2 is 1.84 bits per heavy atom. The van der Waals surface area contributed by atoms with E-state index in [1.54, 1.807) is 0 Å². The standard InChI is InChI=1S/C30H31N5O2Si/c1-38(2,3)14-13-37-19-35-27-12-11-20(25-17-31-16-21-7-4-5-9-23(21)25)15-24(27)29(34-35)30-32-26-10-6-8-22(18-36)28(26)33-30/h4-12,15-17,36H,13-14,18-19H2,1-3H3,(H,32,33). The lowest BCUT2D eigenvalue weighted by Crippen LogP contribution is -2.22. The molecule has 7 nitrogen and oxygen atoms in total. The van der Waals surface area contributed by atoms with Gasteiger partial charge in [-0.2, -0.15) is 5.10 Å². The van der Waals surface area contributed by atoms with Crippen molar-refractivity contribution in [2.75, 3.05) is 6.61 Å². The van der Waals surface area contributed by atoms with E-state index in [4.69, 9.17) is 14.8 Å². The molecule has 0 bridgehead atoms. The van der Waals surface area contributed by atoms with Crippen LogP contribution in [0, 0.1) is 0 Å². The Balaban J connectivity index is 1.48. The zero-order chi connectivity index (χ0) is 26.3. The van der Waals surface area contributed by atoms with E-state index in [2.05, 4.69) is 66.0 Å². The molecule has 0 unspecified atom stereocenters. The molecule has 0 saturated heterocycles. The van der Waals surface area contributed by atoms with Crippen molar-refractivity contribution in [1.82, 2.24) is 24.7 Å². The van der Waals surface area contributed by atoms with Crippen molar-refractivity contribution in [1.29, 1.82) is 0 Å². The average molecular weight is 522 g/mol. The van der Waals surface area contributed by atoms with Gasteiger partial charge in [0.1, 0.15) is 12.4 Å². The Hall–Kier alpha value is -3.85. The Morgan fingerprint density at radius 1 is 0.974 bits per heavy atom. The van der Waals surface area contributed by atoms with Gasteiger partial charge in [0.15, 0.2) is 5.82 Å². The van der Waals surface area contributed by atoms with Crippen LogP contribution in [0.2, 0.25) is 25.7 Å². The van der Waals surface area contributed by atoms with E-state index in [9.17, 15) is 5.11 Å². The lowest BCUT2D eigenvalue weighted by Gasteiger charge is -2.15. The first-order chi connectivity index (χ1) is 18.4. The minimum absolute atomic E-state index is 0.0695. The number of imidazole rings is 1. The van der Waals surface area contributed by atoms with Gasteiger partial charge in [-0.25, -0.2) is 9.67 Å². The maximum Gasteiger partial charge on any atom is 0.159 e. The molecule has 0 fully saturated rings. The second-order valence-corrected chi connectivity index (χ2v) is 16.5. The summed E-state index contributed by atoms with van der Waals surface area (Å²) in [5, 5.41) is 18.0. The Morgan fingerprint density at radius 3 is 2.68 bits per heavy atom. The molecule has 3 heterocycles. The number of hydrogen-bond donors (Lipinski definition) is 2. The lowest BCUT2D eigenvalue weighted by molar-refractivity contribution is 0.0818. The van der Waals surface area contributed by atoms with Gasteiger partial charge >= 0.3 is 0 Å². The van der Waals surface area contributed by atoms with E-state index < -0.39 is 8.07 Å². The molecule has 0 atom stereocenters. The SMILES string of the molecule is C[Si](C)(C)CCOCn1nc(-c2nc3c(CO)cccc3[nH]2)c2cc(-c3cncc4ccccc34)ccc21. The van der Waals surface area contributed by atoms with Crippen LogP contribution < -0.4 is 0 Å². The minimum Gasteiger partial charge on any atom is -0.392 e. The van der Waals surface area contributed by atoms with E-state index in [0.29, 0.717) is 12.6 Å². The molecule has 6 rings (SSSR count). The maximum absolute atomic E-state index is 9.82. The molecule has 3 aromatic heterocycles. The van der Waals surface area contributed by atoms with Gasteiger partial charge in [0.25, 0.3) is 0 Å². The highest BCUT2D eigenvalue weighted by atomic mass is 28.3. The number of H-pyrrole nitrogens is 1. The summed E-state index contributed by atoms with van der Waals surface area (Å²) in [4.78, 5) is 12.8. The maximum atomic E-state index is 9.82. The van der Waals surface area contributed by atoms with E-state index in [0.717, 1.165) is 67.7 Å².